The Bertz CT molecular complexity index is 1450. The first-order valence-electron chi connectivity index (χ1n) is 12.5. The molecule has 0 amide bonds. The Balaban J connectivity index is 1.27. The number of nitrogens with one attached hydrogen (secondary N) is 2. The minimum atomic E-state index is -3.80. The first kappa shape index (κ1) is 24.2. The lowest BCUT2D eigenvalue weighted by Crippen LogP contribution is -2.31. The van der Waals surface area contributed by atoms with Crippen LogP contribution in [0.3, 0.4) is 0 Å². The van der Waals surface area contributed by atoms with E-state index in [1.807, 2.05) is 36.9 Å². The highest BCUT2D eigenvalue weighted by Gasteiger charge is 2.38. The molecule has 3 aromatic rings. The Morgan fingerprint density at radius 2 is 1.84 bits per heavy atom. The Morgan fingerprint density at radius 3 is 2.57 bits per heavy atom. The van der Waals surface area contributed by atoms with E-state index in [9.17, 15) is 8.42 Å². The van der Waals surface area contributed by atoms with Crippen molar-refractivity contribution >= 4 is 33.2 Å². The number of hydrogen-bond donors (Lipinski definition) is 2. The fourth-order valence-electron chi connectivity index (χ4n) is 5.40. The molecule has 37 heavy (non-hydrogen) atoms. The van der Waals surface area contributed by atoms with Crippen LogP contribution in [0.2, 0.25) is 0 Å². The van der Waals surface area contributed by atoms with Crippen molar-refractivity contribution in [2.45, 2.75) is 36.3 Å². The summed E-state index contributed by atoms with van der Waals surface area (Å²) < 4.78 is 40.8. The van der Waals surface area contributed by atoms with Crippen LogP contribution in [0.1, 0.15) is 35.1 Å². The smallest absolute Gasteiger partial charge is 0.262 e. The molecule has 8 heteroatoms. The van der Waals surface area contributed by atoms with Gasteiger partial charge in [-0.3, -0.25) is 4.72 Å². The zero-order valence-corrected chi connectivity index (χ0v) is 22.4. The largest absolute Gasteiger partial charge is 0.495 e. The highest BCUT2D eigenvalue weighted by molar-refractivity contribution is 8.00. The van der Waals surface area contributed by atoms with E-state index >= 15 is 0 Å². The van der Waals surface area contributed by atoms with Crippen molar-refractivity contribution in [1.82, 2.24) is 0 Å². The summed E-state index contributed by atoms with van der Waals surface area (Å²) in [5.41, 5.74) is 4.57. The van der Waals surface area contributed by atoms with E-state index in [-0.39, 0.29) is 16.9 Å². The number of aryl methyl sites for hydroxylation is 1. The highest BCUT2D eigenvalue weighted by atomic mass is 32.2. The maximum atomic E-state index is 13.4. The summed E-state index contributed by atoms with van der Waals surface area (Å²) in [6.45, 7) is 1.92. The second kappa shape index (κ2) is 9.65. The van der Waals surface area contributed by atoms with Gasteiger partial charge in [-0.2, -0.15) is 11.8 Å². The van der Waals surface area contributed by atoms with Gasteiger partial charge in [-0.1, -0.05) is 30.4 Å². The molecule has 3 aromatic carbocycles. The van der Waals surface area contributed by atoms with E-state index in [1.165, 1.54) is 12.7 Å². The summed E-state index contributed by atoms with van der Waals surface area (Å²) in [5, 5.41) is 3.70. The molecule has 0 unspecified atom stereocenters. The van der Waals surface area contributed by atoms with Crippen molar-refractivity contribution in [3.8, 4) is 11.5 Å². The molecule has 1 saturated heterocycles. The molecule has 6 nitrogen and oxygen atoms in total. The highest BCUT2D eigenvalue weighted by Crippen LogP contribution is 2.50. The minimum Gasteiger partial charge on any atom is -0.495 e. The summed E-state index contributed by atoms with van der Waals surface area (Å²) in [5.74, 6) is 3.98. The third-order valence-electron chi connectivity index (χ3n) is 7.39. The molecule has 2 aliphatic heterocycles. The maximum absolute atomic E-state index is 13.4. The molecule has 0 aromatic heterocycles. The van der Waals surface area contributed by atoms with Gasteiger partial charge in [0.15, 0.2) is 0 Å². The number of fused-ring (bicyclic) bond motifs is 3. The van der Waals surface area contributed by atoms with E-state index in [0.29, 0.717) is 23.5 Å². The molecule has 1 aliphatic carbocycles. The standard InChI is InChI=1S/C29H30N2O4S2/c1-18-6-13-28(34-2)27(14-18)31-37(32,33)22-11-12-26-25(15-22)23-4-3-5-24(23)29(30-26)19-7-9-20(10-8-19)35-21-16-36-17-21/h3-4,6-15,21,23-24,29-31H,5,16-17H2,1-2H3/t23-,24+,29+/m0/s1. The molecule has 0 bridgehead atoms. The van der Waals surface area contributed by atoms with E-state index in [2.05, 4.69) is 46.5 Å². The predicted octanol–water partition coefficient (Wildman–Crippen LogP) is 6.13. The SMILES string of the molecule is COc1ccc(C)cc1NS(=O)(=O)c1ccc2c(c1)[C@H]1C=CC[C@H]1[C@@H](c1ccc(OC3CSC3)cc1)N2. The van der Waals surface area contributed by atoms with Crippen LogP contribution in [0.15, 0.2) is 77.7 Å². The topological polar surface area (TPSA) is 76.7 Å². The van der Waals surface area contributed by atoms with E-state index in [1.54, 1.807) is 18.2 Å². The van der Waals surface area contributed by atoms with Gasteiger partial charge in [0.05, 0.1) is 23.7 Å². The number of sulfonamides is 1. The van der Waals surface area contributed by atoms with Crippen molar-refractivity contribution in [3.63, 3.8) is 0 Å². The van der Waals surface area contributed by atoms with Crippen LogP contribution in [-0.4, -0.2) is 33.1 Å². The molecule has 2 N–H and O–H groups in total. The minimum absolute atomic E-state index is 0.137. The monoisotopic (exact) mass is 534 g/mol. The van der Waals surface area contributed by atoms with Crippen LogP contribution < -0.4 is 19.5 Å². The number of hydrogen-bond acceptors (Lipinski definition) is 6. The summed E-state index contributed by atoms with van der Waals surface area (Å²) >= 11 is 1.91. The van der Waals surface area contributed by atoms with Crippen LogP contribution in [0.25, 0.3) is 0 Å². The van der Waals surface area contributed by atoms with Crippen molar-refractivity contribution in [3.05, 3.63) is 89.5 Å². The van der Waals surface area contributed by atoms with Gasteiger partial charge < -0.3 is 14.8 Å². The number of rotatable bonds is 7. The third kappa shape index (κ3) is 4.68. The van der Waals surface area contributed by atoms with Gasteiger partial charge in [-0.05, 0) is 78.4 Å². The van der Waals surface area contributed by atoms with Crippen LogP contribution in [0, 0.1) is 12.8 Å². The van der Waals surface area contributed by atoms with Crippen molar-refractivity contribution in [2.24, 2.45) is 5.92 Å². The number of allylic oxidation sites excluding steroid dienone is 2. The van der Waals surface area contributed by atoms with Crippen LogP contribution >= 0.6 is 11.8 Å². The van der Waals surface area contributed by atoms with Gasteiger partial charge in [0.2, 0.25) is 0 Å². The van der Waals surface area contributed by atoms with Crippen molar-refractivity contribution in [1.29, 1.82) is 0 Å². The first-order chi connectivity index (χ1) is 17.9. The zero-order valence-electron chi connectivity index (χ0n) is 20.8. The van der Waals surface area contributed by atoms with E-state index in [0.717, 1.165) is 40.5 Å². The molecule has 0 saturated carbocycles. The summed E-state index contributed by atoms with van der Waals surface area (Å²) in [7, 11) is -2.27. The number of benzene rings is 3. The van der Waals surface area contributed by atoms with E-state index in [4.69, 9.17) is 9.47 Å². The number of thioether (sulfide) groups is 1. The Kier molecular flexibility index (Phi) is 6.32. The third-order valence-corrected chi connectivity index (χ3v) is 9.97. The lowest BCUT2D eigenvalue weighted by Gasteiger charge is -2.38. The average molecular weight is 535 g/mol. The van der Waals surface area contributed by atoms with Crippen LogP contribution in [0.4, 0.5) is 11.4 Å². The van der Waals surface area contributed by atoms with Gasteiger partial charge in [0, 0.05) is 23.1 Å². The predicted molar refractivity (Wildman–Crippen MR) is 150 cm³/mol. The molecule has 2 heterocycles. The summed E-state index contributed by atoms with van der Waals surface area (Å²) in [6.07, 6.45) is 5.69. The average Bonchev–Trinajstić information content (AvgIpc) is 3.36. The van der Waals surface area contributed by atoms with Crippen molar-refractivity contribution in [2.75, 3.05) is 28.7 Å². The molecule has 192 valence electrons. The molecule has 0 spiro atoms. The van der Waals surface area contributed by atoms with Gasteiger partial charge in [0.1, 0.15) is 17.6 Å². The van der Waals surface area contributed by atoms with Gasteiger partial charge in [0.25, 0.3) is 10.0 Å². The molecular weight excluding hydrogens is 504 g/mol. The Morgan fingerprint density at radius 1 is 1.03 bits per heavy atom. The summed E-state index contributed by atoms with van der Waals surface area (Å²) in [4.78, 5) is 0.241. The molecule has 3 atom stereocenters. The molecule has 6 rings (SSSR count). The molecule has 1 fully saturated rings. The Labute approximate surface area is 222 Å². The molecule has 3 aliphatic rings. The molecular formula is C29H30N2O4S2. The van der Waals surface area contributed by atoms with Crippen LogP contribution in [0.5, 0.6) is 11.5 Å². The fourth-order valence-corrected chi connectivity index (χ4v) is 7.06. The van der Waals surface area contributed by atoms with E-state index < -0.39 is 10.0 Å². The van der Waals surface area contributed by atoms with Crippen LogP contribution in [-0.2, 0) is 10.0 Å². The van der Waals surface area contributed by atoms with Gasteiger partial charge in [-0.15, -0.1) is 0 Å². The number of methoxy groups -OCH3 is 1. The van der Waals surface area contributed by atoms with Crippen molar-refractivity contribution < 1.29 is 17.9 Å². The van der Waals surface area contributed by atoms with Gasteiger partial charge >= 0.3 is 0 Å². The maximum Gasteiger partial charge on any atom is 0.262 e. The zero-order chi connectivity index (χ0) is 25.6. The Hall–Kier alpha value is -3.10. The lowest BCUT2D eigenvalue weighted by atomic mass is 9.77. The second-order valence-electron chi connectivity index (χ2n) is 9.88. The fraction of sp³-hybridized carbons (Fsp3) is 0.310. The normalized spacial score (nSPS) is 22.4. The lowest BCUT2D eigenvalue weighted by molar-refractivity contribution is 0.240. The quantitative estimate of drug-likeness (QED) is 0.356. The first-order valence-corrected chi connectivity index (χ1v) is 15.1. The number of ether oxygens (including phenoxy) is 2. The molecule has 0 radical (unpaired) electrons. The summed E-state index contributed by atoms with van der Waals surface area (Å²) in [6, 6.07) is 19.4. The second-order valence-corrected chi connectivity index (χ2v) is 12.6. The van der Waals surface area contributed by atoms with Gasteiger partial charge in [-0.25, -0.2) is 8.42 Å². The number of anilines is 2.